The predicted octanol–water partition coefficient (Wildman–Crippen LogP) is -4.13. The van der Waals surface area contributed by atoms with Crippen molar-refractivity contribution in [1.82, 2.24) is 0 Å². The van der Waals surface area contributed by atoms with E-state index >= 15 is 0 Å². The number of rotatable bonds is 9. The third-order valence-corrected chi connectivity index (χ3v) is 10.5. The zero-order valence-corrected chi connectivity index (χ0v) is 38.5. The summed E-state index contributed by atoms with van der Waals surface area (Å²) in [6, 6.07) is 25.8. The van der Waals surface area contributed by atoms with Gasteiger partial charge in [-0.25, -0.2) is 30.0 Å². The first kappa shape index (κ1) is 48.2. The van der Waals surface area contributed by atoms with E-state index in [-0.39, 0.29) is 112 Å². The van der Waals surface area contributed by atoms with E-state index in [9.17, 15) is 53.3 Å². The van der Waals surface area contributed by atoms with Gasteiger partial charge in [-0.3, -0.25) is 9.59 Å². The van der Waals surface area contributed by atoms with E-state index in [4.69, 9.17) is 0 Å². The Labute approximate surface area is 392 Å². The van der Waals surface area contributed by atoms with Gasteiger partial charge in [-0.1, -0.05) is 36.4 Å². The van der Waals surface area contributed by atoms with Gasteiger partial charge in [-0.15, -0.1) is 0 Å². The van der Waals surface area contributed by atoms with Crippen molar-refractivity contribution in [3.05, 3.63) is 126 Å². The van der Waals surface area contributed by atoms with Gasteiger partial charge in [-0.2, -0.15) is 0 Å². The van der Waals surface area contributed by atoms with Crippen LogP contribution in [0.1, 0.15) is 20.7 Å². The summed E-state index contributed by atoms with van der Waals surface area (Å²) >= 11 is 0. The summed E-state index contributed by atoms with van der Waals surface area (Å²) in [6.45, 7) is 0. The zero-order chi connectivity index (χ0) is 39.0. The third-order valence-electron chi connectivity index (χ3n) is 7.94. The van der Waals surface area contributed by atoms with E-state index in [0.29, 0.717) is 29.1 Å². The maximum absolute atomic E-state index is 13.1. The first-order chi connectivity index (χ1) is 25.4. The first-order valence-corrected chi connectivity index (χ1v) is 19.5. The number of benzene rings is 6. The van der Waals surface area contributed by atoms with E-state index in [2.05, 4.69) is 21.3 Å². The van der Waals surface area contributed by atoms with Gasteiger partial charge in [0.1, 0.15) is 30.4 Å². The van der Waals surface area contributed by atoms with Crippen LogP contribution in [0.25, 0.3) is 21.5 Å². The Kier molecular flexibility index (Phi) is 16.2. The average molecular weight is 857 g/mol. The molecule has 16 nitrogen and oxygen atoms in total. The number of carbonyl (C=O) groups excluding carboxylic acids is 3. The number of carbonyl (C=O) groups is 3. The van der Waals surface area contributed by atoms with Gasteiger partial charge in [0.15, 0.2) is 0 Å². The molecule has 4 N–H and O–H groups in total. The molecule has 0 aliphatic rings. The monoisotopic (exact) mass is 856 g/mol. The molecule has 276 valence electrons. The SMILES string of the molecule is O=C(Nc1ccc(C(=O)Nc2cccc3ccccc23)cc1)Nc1ccc(C(=O)Nc2ccc(S(=O)(=O)[O-])c3cc(S(=O)(=O)[O-])cc(S(=O)(=O)[O-])c23)cc1.[Na+].[Na+].[Na+]. The fourth-order valence-electron chi connectivity index (χ4n) is 5.48. The van der Waals surface area contributed by atoms with Gasteiger partial charge in [0.05, 0.1) is 20.4 Å². The van der Waals surface area contributed by atoms with Gasteiger partial charge in [-0.05, 0) is 84.2 Å². The fourth-order valence-corrected chi connectivity index (χ4v) is 7.49. The van der Waals surface area contributed by atoms with Crippen LogP contribution in [-0.2, 0) is 30.4 Å². The standard InChI is InChI=1S/C35H26N4O12S3.3Na/c40-33(38-28-7-3-5-20-4-1-2-6-26(20)28)21-8-12-23(13-9-21)36-35(42)37-24-14-10-22(11-15-24)34(41)39-29-16-17-30(53(46,47)48)27-18-25(52(43,44)45)19-31(32(27)29)54(49,50)51;;;/h1-19H,(H,38,40)(H,39,41)(H2,36,37,42)(H,43,44,45)(H,46,47,48)(H,49,50,51);;;/q;3*+1/p-3. The molecule has 0 aliphatic carbocycles. The molecule has 6 aromatic carbocycles. The van der Waals surface area contributed by atoms with Gasteiger partial charge in [0, 0.05) is 44.3 Å². The molecule has 0 fully saturated rings. The van der Waals surface area contributed by atoms with Crippen molar-refractivity contribution in [2.24, 2.45) is 0 Å². The molecule has 0 unspecified atom stereocenters. The van der Waals surface area contributed by atoms with Crippen molar-refractivity contribution < 1.29 is 142 Å². The van der Waals surface area contributed by atoms with E-state index in [1.165, 1.54) is 48.5 Å². The van der Waals surface area contributed by atoms with Crippen molar-refractivity contribution >= 4 is 92.5 Å². The second-order valence-electron chi connectivity index (χ2n) is 11.5. The van der Waals surface area contributed by atoms with E-state index in [1.54, 1.807) is 6.07 Å². The zero-order valence-electron chi connectivity index (χ0n) is 30.1. The van der Waals surface area contributed by atoms with Crippen LogP contribution >= 0.6 is 0 Å². The minimum atomic E-state index is -5.63. The largest absolute Gasteiger partial charge is 1.00 e. The molecule has 0 atom stereocenters. The molecule has 0 bridgehead atoms. The molecule has 0 saturated carbocycles. The predicted molar refractivity (Wildman–Crippen MR) is 193 cm³/mol. The Bertz CT molecular complexity index is 2860. The molecule has 22 heteroatoms. The van der Waals surface area contributed by atoms with Crippen molar-refractivity contribution in [3.63, 3.8) is 0 Å². The van der Waals surface area contributed by atoms with Crippen LogP contribution in [0.15, 0.2) is 130 Å². The number of urea groups is 1. The molecule has 0 aromatic heterocycles. The second kappa shape index (κ2) is 19.2. The summed E-state index contributed by atoms with van der Waals surface area (Å²) < 4.78 is 107. The van der Waals surface area contributed by atoms with Gasteiger partial charge in [0.25, 0.3) is 11.8 Å². The summed E-state index contributed by atoms with van der Waals surface area (Å²) in [5.41, 5.74) is 0.961. The van der Waals surface area contributed by atoms with Crippen LogP contribution in [0.3, 0.4) is 0 Å². The van der Waals surface area contributed by atoms with Crippen molar-refractivity contribution in [2.75, 3.05) is 21.3 Å². The van der Waals surface area contributed by atoms with Gasteiger partial charge < -0.3 is 34.9 Å². The van der Waals surface area contributed by atoms with Gasteiger partial charge in [0.2, 0.25) is 0 Å². The number of hydrogen-bond acceptors (Lipinski definition) is 12. The Balaban J connectivity index is 0.00000290. The summed E-state index contributed by atoms with van der Waals surface area (Å²) in [5, 5.41) is 10.4. The minimum absolute atomic E-state index is 0. The molecule has 0 spiro atoms. The number of amides is 4. The quantitative estimate of drug-likeness (QED) is 0.0798. The fraction of sp³-hybridized carbons (Fsp3) is 0. The Hall–Kier alpha value is -3.22. The number of anilines is 4. The van der Waals surface area contributed by atoms with Crippen LogP contribution in [0.5, 0.6) is 0 Å². The van der Waals surface area contributed by atoms with Crippen LogP contribution < -0.4 is 110 Å². The molecule has 0 heterocycles. The summed E-state index contributed by atoms with van der Waals surface area (Å²) in [6.07, 6.45) is 0. The minimum Gasteiger partial charge on any atom is -0.744 e. The Morgan fingerprint density at radius 2 is 0.947 bits per heavy atom. The molecule has 0 saturated heterocycles. The van der Waals surface area contributed by atoms with Crippen LogP contribution in [0.4, 0.5) is 27.5 Å². The summed E-state index contributed by atoms with van der Waals surface area (Å²) in [7, 11) is -16.5. The average Bonchev–Trinajstić information content (AvgIpc) is 3.10. The molecule has 6 aromatic rings. The van der Waals surface area contributed by atoms with Crippen molar-refractivity contribution in [3.8, 4) is 0 Å². The summed E-state index contributed by atoms with van der Waals surface area (Å²) in [5.74, 6) is -1.30. The molecular formula is C35H23N4Na3O12S3. The molecule has 0 aliphatic heterocycles. The molecule has 6 rings (SSSR count). The van der Waals surface area contributed by atoms with Crippen LogP contribution in [-0.4, -0.2) is 56.8 Å². The topological polar surface area (TPSA) is 271 Å². The first-order valence-electron chi connectivity index (χ1n) is 15.3. The maximum Gasteiger partial charge on any atom is 1.00 e. The molecule has 57 heavy (non-hydrogen) atoms. The number of nitrogens with one attached hydrogen (secondary N) is 4. The maximum atomic E-state index is 13.1. The molecule has 0 radical (unpaired) electrons. The molecular weight excluding hydrogens is 834 g/mol. The number of hydrogen-bond donors (Lipinski definition) is 4. The third kappa shape index (κ3) is 11.5. The van der Waals surface area contributed by atoms with E-state index < -0.39 is 73.4 Å². The van der Waals surface area contributed by atoms with Crippen LogP contribution in [0.2, 0.25) is 0 Å². The van der Waals surface area contributed by atoms with E-state index in [0.717, 1.165) is 16.8 Å². The smallest absolute Gasteiger partial charge is 0.744 e. The van der Waals surface area contributed by atoms with Crippen molar-refractivity contribution in [2.45, 2.75) is 14.7 Å². The Morgan fingerprint density at radius 3 is 1.46 bits per heavy atom. The molecule has 4 amide bonds. The van der Waals surface area contributed by atoms with E-state index in [1.807, 2.05) is 36.4 Å². The van der Waals surface area contributed by atoms with Gasteiger partial charge >= 0.3 is 94.7 Å². The summed E-state index contributed by atoms with van der Waals surface area (Å²) in [4.78, 5) is 34.9. The number of fused-ring (bicyclic) bond motifs is 2. The second-order valence-corrected chi connectivity index (χ2v) is 15.6. The van der Waals surface area contributed by atoms with Crippen molar-refractivity contribution in [1.29, 1.82) is 0 Å². The Morgan fingerprint density at radius 1 is 0.456 bits per heavy atom. The van der Waals surface area contributed by atoms with Crippen LogP contribution in [0, 0.1) is 0 Å². The normalized spacial score (nSPS) is 11.3.